The summed E-state index contributed by atoms with van der Waals surface area (Å²) in [6, 6.07) is 5.26. The number of benzene rings is 1. The van der Waals surface area contributed by atoms with Gasteiger partial charge in [0.2, 0.25) is 5.88 Å². The van der Waals surface area contributed by atoms with E-state index in [2.05, 4.69) is 15.3 Å². The fourth-order valence-electron chi connectivity index (χ4n) is 1.52. The molecule has 0 saturated carbocycles. The second-order valence-corrected chi connectivity index (χ2v) is 4.80. The Morgan fingerprint density at radius 3 is 2.85 bits per heavy atom. The molecular formula is C13H14Cl2N4O. The summed E-state index contributed by atoms with van der Waals surface area (Å²) in [5.41, 5.74) is 6.92. The van der Waals surface area contributed by atoms with Crippen LogP contribution in [-0.2, 0) is 0 Å². The van der Waals surface area contributed by atoms with Gasteiger partial charge in [-0.1, -0.05) is 36.2 Å². The Bertz CT molecular complexity index is 607. The van der Waals surface area contributed by atoms with E-state index < -0.39 is 0 Å². The Morgan fingerprint density at radius 2 is 2.10 bits per heavy atom. The molecule has 0 amide bonds. The van der Waals surface area contributed by atoms with Crippen molar-refractivity contribution < 1.29 is 4.74 Å². The molecule has 2 aromatic rings. The van der Waals surface area contributed by atoms with Gasteiger partial charge in [0.05, 0.1) is 22.3 Å². The minimum atomic E-state index is 0.331. The van der Waals surface area contributed by atoms with Gasteiger partial charge in [0.1, 0.15) is 12.0 Å². The van der Waals surface area contributed by atoms with Gasteiger partial charge < -0.3 is 15.8 Å². The Kier molecular flexibility index (Phi) is 4.87. The van der Waals surface area contributed by atoms with Crippen LogP contribution in [0.4, 0.5) is 17.2 Å². The first-order chi connectivity index (χ1) is 9.63. The predicted octanol–water partition coefficient (Wildman–Crippen LogP) is 3.90. The van der Waals surface area contributed by atoms with Crippen LogP contribution in [0.15, 0.2) is 24.5 Å². The minimum absolute atomic E-state index is 0.331. The molecule has 0 fully saturated rings. The molecule has 0 bridgehead atoms. The monoisotopic (exact) mass is 312 g/mol. The fourth-order valence-corrected chi connectivity index (χ4v) is 1.87. The molecule has 3 N–H and O–H groups in total. The molecule has 20 heavy (non-hydrogen) atoms. The number of anilines is 3. The normalized spacial score (nSPS) is 10.3. The zero-order valence-corrected chi connectivity index (χ0v) is 12.4. The number of nitrogens with one attached hydrogen (secondary N) is 1. The van der Waals surface area contributed by atoms with E-state index in [0.29, 0.717) is 39.7 Å². The van der Waals surface area contributed by atoms with Crippen molar-refractivity contribution in [2.24, 2.45) is 0 Å². The first kappa shape index (κ1) is 14.7. The zero-order valence-electron chi connectivity index (χ0n) is 10.9. The van der Waals surface area contributed by atoms with Gasteiger partial charge in [0, 0.05) is 0 Å². The smallest absolute Gasteiger partial charge is 0.242 e. The molecule has 0 atom stereocenters. The van der Waals surface area contributed by atoms with Gasteiger partial charge in [-0.2, -0.15) is 4.98 Å². The Labute approximate surface area is 127 Å². The number of aromatic nitrogens is 2. The molecule has 1 heterocycles. The standard InChI is InChI=1S/C13H14Cl2N4O/c1-2-6-20-13-11(16)12(17-7-18-13)19-9-5-3-4-8(14)10(9)15/h3-5,7H,2,6,16H2,1H3,(H,17,18,19). The van der Waals surface area contributed by atoms with Crippen LogP contribution in [0.1, 0.15) is 13.3 Å². The summed E-state index contributed by atoms with van der Waals surface area (Å²) in [6.07, 6.45) is 2.24. The number of hydrogen-bond acceptors (Lipinski definition) is 5. The summed E-state index contributed by atoms with van der Waals surface area (Å²) < 4.78 is 5.44. The molecule has 0 aliphatic heterocycles. The van der Waals surface area contributed by atoms with E-state index >= 15 is 0 Å². The van der Waals surface area contributed by atoms with E-state index in [1.54, 1.807) is 18.2 Å². The molecule has 7 heteroatoms. The summed E-state index contributed by atoms with van der Waals surface area (Å²) in [5.74, 6) is 0.776. The first-order valence-corrected chi connectivity index (χ1v) is 6.83. The average molecular weight is 313 g/mol. The summed E-state index contributed by atoms with van der Waals surface area (Å²) >= 11 is 12.1. The SMILES string of the molecule is CCCOc1ncnc(Nc2cccc(Cl)c2Cl)c1N. The summed E-state index contributed by atoms with van der Waals surface area (Å²) in [6.45, 7) is 2.54. The van der Waals surface area contributed by atoms with E-state index in [9.17, 15) is 0 Å². The van der Waals surface area contributed by atoms with Gasteiger partial charge in [-0.05, 0) is 18.6 Å². The quantitative estimate of drug-likeness (QED) is 0.876. The second kappa shape index (κ2) is 6.63. The Morgan fingerprint density at radius 1 is 1.30 bits per heavy atom. The van der Waals surface area contributed by atoms with Crippen LogP contribution in [0.3, 0.4) is 0 Å². The topological polar surface area (TPSA) is 73.1 Å². The van der Waals surface area contributed by atoms with Gasteiger partial charge in [-0.25, -0.2) is 4.98 Å². The van der Waals surface area contributed by atoms with Crippen molar-refractivity contribution in [3.8, 4) is 5.88 Å². The molecule has 2 rings (SSSR count). The Balaban J connectivity index is 2.27. The van der Waals surface area contributed by atoms with E-state index in [0.717, 1.165) is 6.42 Å². The molecule has 1 aromatic heterocycles. The van der Waals surface area contributed by atoms with Crippen molar-refractivity contribution >= 4 is 40.4 Å². The van der Waals surface area contributed by atoms with Crippen LogP contribution >= 0.6 is 23.2 Å². The zero-order chi connectivity index (χ0) is 14.5. The molecule has 0 saturated heterocycles. The largest absolute Gasteiger partial charge is 0.476 e. The first-order valence-electron chi connectivity index (χ1n) is 6.07. The van der Waals surface area contributed by atoms with Crippen LogP contribution in [0.5, 0.6) is 5.88 Å². The number of hydrogen-bond donors (Lipinski definition) is 2. The van der Waals surface area contributed by atoms with E-state index in [-0.39, 0.29) is 0 Å². The Hall–Kier alpha value is -1.72. The molecule has 106 valence electrons. The average Bonchev–Trinajstić information content (AvgIpc) is 2.44. The molecular weight excluding hydrogens is 299 g/mol. The van der Waals surface area contributed by atoms with Crippen LogP contribution in [-0.4, -0.2) is 16.6 Å². The van der Waals surface area contributed by atoms with Crippen LogP contribution in [0.2, 0.25) is 10.0 Å². The van der Waals surface area contributed by atoms with Gasteiger partial charge in [0.25, 0.3) is 0 Å². The number of nitrogens with zero attached hydrogens (tertiary/aromatic N) is 2. The number of halogens is 2. The van der Waals surface area contributed by atoms with E-state index in [1.807, 2.05) is 6.92 Å². The highest BCUT2D eigenvalue weighted by molar-refractivity contribution is 6.43. The third-order valence-electron chi connectivity index (χ3n) is 2.49. The highest BCUT2D eigenvalue weighted by Gasteiger charge is 2.11. The third-order valence-corrected chi connectivity index (χ3v) is 3.31. The number of ether oxygens (including phenoxy) is 1. The van der Waals surface area contributed by atoms with Gasteiger partial charge in [0.15, 0.2) is 5.82 Å². The van der Waals surface area contributed by atoms with Gasteiger partial charge in [-0.15, -0.1) is 0 Å². The minimum Gasteiger partial charge on any atom is -0.476 e. The van der Waals surface area contributed by atoms with Gasteiger partial charge in [-0.3, -0.25) is 0 Å². The lowest BCUT2D eigenvalue weighted by atomic mass is 10.3. The number of nitrogens with two attached hydrogens (primary N) is 1. The highest BCUT2D eigenvalue weighted by atomic mass is 35.5. The summed E-state index contributed by atoms with van der Waals surface area (Å²) in [7, 11) is 0. The van der Waals surface area contributed by atoms with E-state index in [4.69, 9.17) is 33.7 Å². The van der Waals surface area contributed by atoms with Crippen LogP contribution < -0.4 is 15.8 Å². The van der Waals surface area contributed by atoms with Crippen LogP contribution in [0.25, 0.3) is 0 Å². The van der Waals surface area contributed by atoms with Crippen molar-refractivity contribution in [1.82, 2.24) is 9.97 Å². The van der Waals surface area contributed by atoms with Gasteiger partial charge >= 0.3 is 0 Å². The summed E-state index contributed by atoms with van der Waals surface area (Å²) in [5, 5.41) is 3.88. The van der Waals surface area contributed by atoms with Crippen molar-refractivity contribution in [1.29, 1.82) is 0 Å². The maximum absolute atomic E-state index is 6.11. The molecule has 0 aliphatic carbocycles. The van der Waals surface area contributed by atoms with Crippen molar-refractivity contribution in [3.63, 3.8) is 0 Å². The lowest BCUT2D eigenvalue weighted by Gasteiger charge is -2.12. The van der Waals surface area contributed by atoms with Crippen molar-refractivity contribution in [2.75, 3.05) is 17.7 Å². The predicted molar refractivity (Wildman–Crippen MR) is 82.0 cm³/mol. The van der Waals surface area contributed by atoms with Crippen molar-refractivity contribution in [2.45, 2.75) is 13.3 Å². The van der Waals surface area contributed by atoms with Crippen LogP contribution in [0, 0.1) is 0 Å². The summed E-state index contributed by atoms with van der Waals surface area (Å²) in [4.78, 5) is 8.08. The maximum atomic E-state index is 6.11. The lowest BCUT2D eigenvalue weighted by Crippen LogP contribution is -2.06. The molecule has 5 nitrogen and oxygen atoms in total. The molecule has 0 radical (unpaired) electrons. The number of nitrogen functional groups attached to an aromatic ring is 1. The molecule has 0 spiro atoms. The molecule has 1 aromatic carbocycles. The maximum Gasteiger partial charge on any atom is 0.242 e. The second-order valence-electron chi connectivity index (χ2n) is 4.02. The van der Waals surface area contributed by atoms with E-state index in [1.165, 1.54) is 6.33 Å². The third kappa shape index (κ3) is 3.23. The lowest BCUT2D eigenvalue weighted by molar-refractivity contribution is 0.307. The molecule has 0 unspecified atom stereocenters. The number of rotatable bonds is 5. The molecule has 0 aliphatic rings. The van der Waals surface area contributed by atoms with Crippen molar-refractivity contribution in [3.05, 3.63) is 34.6 Å². The highest BCUT2D eigenvalue weighted by Crippen LogP contribution is 2.34. The fraction of sp³-hybridized carbons (Fsp3) is 0.231.